The van der Waals surface area contributed by atoms with E-state index in [0.717, 1.165) is 31.9 Å². The van der Waals surface area contributed by atoms with Crippen molar-refractivity contribution in [2.45, 2.75) is 0 Å². The molecule has 2 N–H and O–H groups in total. The minimum atomic E-state index is 0.445. The predicted octanol–water partition coefficient (Wildman–Crippen LogP) is 0.424. The fraction of sp³-hybridized carbons (Fsp3) is 0.545. The molecule has 88 valence electrons. The lowest BCUT2D eigenvalue weighted by molar-refractivity contribution is 0.312. The number of hydrogen-bond acceptors (Lipinski definition) is 5. The van der Waals surface area contributed by atoms with Gasteiger partial charge in [-0.3, -0.25) is 0 Å². The van der Waals surface area contributed by atoms with E-state index < -0.39 is 0 Å². The summed E-state index contributed by atoms with van der Waals surface area (Å²) < 4.78 is 5.17. The quantitative estimate of drug-likeness (QED) is 0.786. The maximum atomic E-state index is 5.69. The molecule has 0 unspecified atom stereocenters. The van der Waals surface area contributed by atoms with Gasteiger partial charge < -0.3 is 20.3 Å². The van der Waals surface area contributed by atoms with E-state index in [4.69, 9.17) is 10.5 Å². The van der Waals surface area contributed by atoms with Gasteiger partial charge in [0.15, 0.2) is 11.6 Å². The van der Waals surface area contributed by atoms with Crippen molar-refractivity contribution in [3.05, 3.63) is 12.3 Å². The molecule has 0 spiro atoms. The molecular formula is C11H18N4O. The minimum Gasteiger partial charge on any atom is -0.493 e. The second-order valence-electron chi connectivity index (χ2n) is 4.07. The van der Waals surface area contributed by atoms with Crippen LogP contribution < -0.4 is 15.4 Å². The van der Waals surface area contributed by atoms with Gasteiger partial charge in [0.25, 0.3) is 0 Å². The zero-order chi connectivity index (χ0) is 11.5. The number of nitrogens with two attached hydrogens (primary N) is 1. The van der Waals surface area contributed by atoms with Crippen LogP contribution in [0.1, 0.15) is 0 Å². The van der Waals surface area contributed by atoms with Crippen LogP contribution in [0.3, 0.4) is 0 Å². The number of anilines is 2. The molecule has 0 aromatic carbocycles. The van der Waals surface area contributed by atoms with Crippen molar-refractivity contribution in [2.24, 2.45) is 0 Å². The highest BCUT2D eigenvalue weighted by molar-refractivity contribution is 5.57. The molecule has 1 aliphatic heterocycles. The van der Waals surface area contributed by atoms with Crippen molar-refractivity contribution >= 4 is 11.5 Å². The van der Waals surface area contributed by atoms with Crippen molar-refractivity contribution < 1.29 is 4.74 Å². The number of pyridine rings is 1. The van der Waals surface area contributed by atoms with Crippen LogP contribution in [0.5, 0.6) is 5.75 Å². The highest BCUT2D eigenvalue weighted by Gasteiger charge is 2.15. The van der Waals surface area contributed by atoms with E-state index in [2.05, 4.69) is 21.8 Å². The number of piperazine rings is 1. The molecule has 1 aromatic heterocycles. The van der Waals surface area contributed by atoms with Crippen molar-refractivity contribution in [1.82, 2.24) is 9.88 Å². The van der Waals surface area contributed by atoms with Crippen LogP contribution in [0, 0.1) is 0 Å². The van der Waals surface area contributed by atoms with Crippen LogP contribution in [0.15, 0.2) is 12.3 Å². The van der Waals surface area contributed by atoms with Crippen LogP contribution in [0.4, 0.5) is 11.5 Å². The summed E-state index contributed by atoms with van der Waals surface area (Å²) in [6.45, 7) is 4.19. The molecule has 5 nitrogen and oxygen atoms in total. The molecule has 2 rings (SSSR count). The first kappa shape index (κ1) is 11.0. The van der Waals surface area contributed by atoms with Gasteiger partial charge in [-0.15, -0.1) is 0 Å². The maximum Gasteiger partial charge on any atom is 0.166 e. The second-order valence-corrected chi connectivity index (χ2v) is 4.07. The Morgan fingerprint density at radius 1 is 1.31 bits per heavy atom. The van der Waals surface area contributed by atoms with Crippen LogP contribution in [0.2, 0.25) is 0 Å². The zero-order valence-electron chi connectivity index (χ0n) is 9.81. The molecule has 0 amide bonds. The van der Waals surface area contributed by atoms with Gasteiger partial charge >= 0.3 is 0 Å². The molecule has 2 heterocycles. The van der Waals surface area contributed by atoms with Gasteiger partial charge in [-0.05, 0) is 7.05 Å². The van der Waals surface area contributed by atoms with Crippen molar-refractivity contribution in [2.75, 3.05) is 51.0 Å². The summed E-state index contributed by atoms with van der Waals surface area (Å²) in [7, 11) is 3.75. The Bertz CT molecular complexity index is 361. The van der Waals surface area contributed by atoms with E-state index >= 15 is 0 Å². The first-order valence-electron chi connectivity index (χ1n) is 5.43. The smallest absolute Gasteiger partial charge is 0.166 e. The van der Waals surface area contributed by atoms with Gasteiger partial charge in [-0.25, -0.2) is 4.98 Å². The van der Waals surface area contributed by atoms with Crippen LogP contribution >= 0.6 is 0 Å². The lowest BCUT2D eigenvalue weighted by Crippen LogP contribution is -2.44. The number of likely N-dealkylation sites (N-methyl/N-ethyl adjacent to an activating group) is 1. The average molecular weight is 222 g/mol. The Morgan fingerprint density at radius 3 is 2.62 bits per heavy atom. The molecule has 0 saturated carbocycles. The molecule has 1 saturated heterocycles. The molecule has 0 atom stereocenters. The second kappa shape index (κ2) is 4.57. The Kier molecular flexibility index (Phi) is 3.14. The first-order chi connectivity index (χ1) is 7.70. The summed E-state index contributed by atoms with van der Waals surface area (Å²) in [5.41, 5.74) is 6.77. The minimum absolute atomic E-state index is 0.445. The molecule has 16 heavy (non-hydrogen) atoms. The highest BCUT2D eigenvalue weighted by Crippen LogP contribution is 2.25. The number of methoxy groups -OCH3 is 1. The lowest BCUT2D eigenvalue weighted by atomic mass is 10.3. The number of ether oxygens (including phenoxy) is 1. The van der Waals surface area contributed by atoms with Gasteiger partial charge in [0.2, 0.25) is 0 Å². The van der Waals surface area contributed by atoms with Crippen molar-refractivity contribution in [3.63, 3.8) is 0 Å². The Balaban J connectivity index is 2.14. The normalized spacial score (nSPS) is 17.5. The molecule has 5 heteroatoms. The van der Waals surface area contributed by atoms with Gasteiger partial charge in [0, 0.05) is 32.2 Å². The van der Waals surface area contributed by atoms with Gasteiger partial charge in [0.1, 0.15) is 0 Å². The highest BCUT2D eigenvalue weighted by atomic mass is 16.5. The summed E-state index contributed by atoms with van der Waals surface area (Å²) >= 11 is 0. The summed E-state index contributed by atoms with van der Waals surface area (Å²) in [5.74, 6) is 1.09. The predicted molar refractivity (Wildman–Crippen MR) is 64.9 cm³/mol. The topological polar surface area (TPSA) is 54.6 Å². The molecule has 1 aromatic rings. The summed E-state index contributed by atoms with van der Waals surface area (Å²) in [6.07, 6.45) is 1.81. The Morgan fingerprint density at radius 2 is 2.00 bits per heavy atom. The Labute approximate surface area is 95.8 Å². The number of nitrogen functional groups attached to an aromatic ring is 1. The summed E-state index contributed by atoms with van der Waals surface area (Å²) in [4.78, 5) is 8.76. The third-order valence-corrected chi connectivity index (χ3v) is 2.96. The van der Waals surface area contributed by atoms with Gasteiger partial charge in [-0.1, -0.05) is 0 Å². The van der Waals surface area contributed by atoms with Gasteiger partial charge in [0.05, 0.1) is 19.0 Å². The molecule has 1 aliphatic rings. The lowest BCUT2D eigenvalue weighted by Gasteiger charge is -2.33. The third kappa shape index (κ3) is 2.19. The fourth-order valence-corrected chi connectivity index (χ4v) is 1.85. The summed E-state index contributed by atoms with van der Waals surface area (Å²) in [5, 5.41) is 0. The average Bonchev–Trinajstić information content (AvgIpc) is 2.31. The summed E-state index contributed by atoms with van der Waals surface area (Å²) in [6, 6.07) is 1.95. The largest absolute Gasteiger partial charge is 0.493 e. The van der Waals surface area contributed by atoms with Crippen LogP contribution in [0.25, 0.3) is 0 Å². The standard InChI is InChI=1S/C11H18N4O/c1-14-3-5-15(6-4-14)9-7-10(16-2)11(12)13-8-9/h7-8H,3-6H2,1-2H3,(H2,12,13). The number of nitrogens with zero attached hydrogens (tertiary/aromatic N) is 3. The number of rotatable bonds is 2. The molecule has 0 aliphatic carbocycles. The van der Waals surface area contributed by atoms with E-state index in [1.165, 1.54) is 0 Å². The van der Waals surface area contributed by atoms with E-state index in [9.17, 15) is 0 Å². The molecule has 0 bridgehead atoms. The van der Waals surface area contributed by atoms with Crippen LogP contribution in [-0.2, 0) is 0 Å². The molecule has 0 radical (unpaired) electrons. The SMILES string of the molecule is COc1cc(N2CCN(C)CC2)cnc1N. The van der Waals surface area contributed by atoms with Crippen molar-refractivity contribution in [1.29, 1.82) is 0 Å². The first-order valence-corrected chi connectivity index (χ1v) is 5.43. The molecular weight excluding hydrogens is 204 g/mol. The van der Waals surface area contributed by atoms with E-state index in [1.54, 1.807) is 7.11 Å². The fourth-order valence-electron chi connectivity index (χ4n) is 1.85. The van der Waals surface area contributed by atoms with Crippen LogP contribution in [-0.4, -0.2) is 50.2 Å². The third-order valence-electron chi connectivity index (χ3n) is 2.96. The van der Waals surface area contributed by atoms with E-state index in [0.29, 0.717) is 11.6 Å². The van der Waals surface area contributed by atoms with E-state index in [1.807, 2.05) is 12.3 Å². The monoisotopic (exact) mass is 222 g/mol. The Hall–Kier alpha value is -1.49. The molecule has 1 fully saturated rings. The van der Waals surface area contributed by atoms with Crippen molar-refractivity contribution in [3.8, 4) is 5.75 Å². The zero-order valence-corrected chi connectivity index (χ0v) is 9.81. The number of aromatic nitrogens is 1. The van der Waals surface area contributed by atoms with Gasteiger partial charge in [-0.2, -0.15) is 0 Å². The number of hydrogen-bond donors (Lipinski definition) is 1. The van der Waals surface area contributed by atoms with E-state index in [-0.39, 0.29) is 0 Å². The maximum absolute atomic E-state index is 5.69.